The van der Waals surface area contributed by atoms with Crippen LogP contribution in [0.15, 0.2) is 11.6 Å². The van der Waals surface area contributed by atoms with Crippen LogP contribution in [0.1, 0.15) is 27.7 Å². The van der Waals surface area contributed by atoms with Gasteiger partial charge >= 0.3 is 0 Å². The highest BCUT2D eigenvalue weighted by Crippen LogP contribution is 2.11. The first-order valence-corrected chi connectivity index (χ1v) is 3.48. The SMILES string of the molecule is C/C=C(/C)C(C)C(C)N. The van der Waals surface area contributed by atoms with Crippen molar-refractivity contribution in [1.82, 2.24) is 0 Å². The maximum Gasteiger partial charge on any atom is 0.00733 e. The van der Waals surface area contributed by atoms with Crippen LogP contribution in [0.4, 0.5) is 0 Å². The van der Waals surface area contributed by atoms with Crippen LogP contribution < -0.4 is 5.73 Å². The summed E-state index contributed by atoms with van der Waals surface area (Å²) in [6.45, 7) is 8.36. The van der Waals surface area contributed by atoms with Crippen LogP contribution in [0.5, 0.6) is 0 Å². The summed E-state index contributed by atoms with van der Waals surface area (Å²) >= 11 is 0. The van der Waals surface area contributed by atoms with Crippen molar-refractivity contribution in [3.05, 3.63) is 11.6 Å². The second-order valence-electron chi connectivity index (χ2n) is 2.68. The summed E-state index contributed by atoms with van der Waals surface area (Å²) < 4.78 is 0. The van der Waals surface area contributed by atoms with Gasteiger partial charge in [-0.05, 0) is 26.7 Å². The Kier molecular flexibility index (Phi) is 3.55. The Morgan fingerprint density at radius 2 is 1.89 bits per heavy atom. The molecule has 2 N–H and O–H groups in total. The molecule has 0 bridgehead atoms. The van der Waals surface area contributed by atoms with Gasteiger partial charge in [0.25, 0.3) is 0 Å². The van der Waals surface area contributed by atoms with Crippen molar-refractivity contribution in [2.24, 2.45) is 11.7 Å². The smallest absolute Gasteiger partial charge is 0.00733 e. The molecule has 54 valence electrons. The first-order valence-electron chi connectivity index (χ1n) is 3.48. The zero-order chi connectivity index (χ0) is 7.44. The van der Waals surface area contributed by atoms with Gasteiger partial charge in [-0.3, -0.25) is 0 Å². The van der Waals surface area contributed by atoms with E-state index in [9.17, 15) is 0 Å². The summed E-state index contributed by atoms with van der Waals surface area (Å²) in [6, 6.07) is 0.279. The van der Waals surface area contributed by atoms with Crippen molar-refractivity contribution in [1.29, 1.82) is 0 Å². The van der Waals surface area contributed by atoms with Crippen molar-refractivity contribution in [2.75, 3.05) is 0 Å². The fourth-order valence-electron chi connectivity index (χ4n) is 0.678. The molecule has 0 aliphatic rings. The van der Waals surface area contributed by atoms with Crippen molar-refractivity contribution in [3.8, 4) is 0 Å². The molecule has 0 aliphatic heterocycles. The van der Waals surface area contributed by atoms with Gasteiger partial charge < -0.3 is 5.73 Å². The third kappa shape index (κ3) is 2.66. The van der Waals surface area contributed by atoms with Crippen LogP contribution in [0.25, 0.3) is 0 Å². The average molecular weight is 127 g/mol. The van der Waals surface area contributed by atoms with Crippen LogP contribution in [-0.2, 0) is 0 Å². The molecule has 2 unspecified atom stereocenters. The van der Waals surface area contributed by atoms with E-state index in [1.54, 1.807) is 0 Å². The van der Waals surface area contributed by atoms with Crippen LogP contribution in [-0.4, -0.2) is 6.04 Å². The molecule has 0 aromatic carbocycles. The highest BCUT2D eigenvalue weighted by atomic mass is 14.6. The van der Waals surface area contributed by atoms with Crippen LogP contribution >= 0.6 is 0 Å². The maximum atomic E-state index is 5.67. The highest BCUT2D eigenvalue weighted by Gasteiger charge is 2.06. The molecular weight excluding hydrogens is 110 g/mol. The molecule has 0 rings (SSSR count). The summed E-state index contributed by atoms with van der Waals surface area (Å²) in [4.78, 5) is 0. The normalized spacial score (nSPS) is 19.4. The largest absolute Gasteiger partial charge is 0.327 e. The van der Waals surface area contributed by atoms with Gasteiger partial charge in [0, 0.05) is 6.04 Å². The van der Waals surface area contributed by atoms with Gasteiger partial charge in [-0.25, -0.2) is 0 Å². The minimum absolute atomic E-state index is 0.279. The fraction of sp³-hybridized carbons (Fsp3) is 0.750. The van der Waals surface area contributed by atoms with Crippen molar-refractivity contribution >= 4 is 0 Å². The Hall–Kier alpha value is -0.300. The van der Waals surface area contributed by atoms with E-state index < -0.39 is 0 Å². The van der Waals surface area contributed by atoms with E-state index in [0.29, 0.717) is 5.92 Å². The second kappa shape index (κ2) is 3.67. The summed E-state index contributed by atoms with van der Waals surface area (Å²) in [5.74, 6) is 0.523. The molecule has 1 nitrogen and oxygen atoms in total. The first kappa shape index (κ1) is 8.70. The molecule has 0 spiro atoms. The number of nitrogens with two attached hydrogens (primary N) is 1. The molecule has 0 aromatic heterocycles. The Morgan fingerprint density at radius 3 is 2.00 bits per heavy atom. The standard InChI is InChI=1S/C8H17N/c1-5-6(2)7(3)8(4)9/h5,7-8H,9H2,1-4H3/b6-5-. The molecule has 0 saturated carbocycles. The van der Waals surface area contributed by atoms with E-state index in [-0.39, 0.29) is 6.04 Å². The average Bonchev–Trinajstić information content (AvgIpc) is 1.84. The van der Waals surface area contributed by atoms with Gasteiger partial charge in [0.1, 0.15) is 0 Å². The Labute approximate surface area is 57.9 Å². The van der Waals surface area contributed by atoms with Gasteiger partial charge in [-0.2, -0.15) is 0 Å². The van der Waals surface area contributed by atoms with Gasteiger partial charge in [0.2, 0.25) is 0 Å². The van der Waals surface area contributed by atoms with E-state index in [0.717, 1.165) is 0 Å². The topological polar surface area (TPSA) is 26.0 Å². The minimum Gasteiger partial charge on any atom is -0.327 e. The molecule has 1 heteroatoms. The second-order valence-corrected chi connectivity index (χ2v) is 2.68. The summed E-state index contributed by atoms with van der Waals surface area (Å²) in [5.41, 5.74) is 7.05. The Bertz CT molecular complexity index is 103. The lowest BCUT2D eigenvalue weighted by molar-refractivity contribution is 0.553. The lowest BCUT2D eigenvalue weighted by Crippen LogP contribution is -2.24. The molecule has 0 saturated heterocycles. The highest BCUT2D eigenvalue weighted by molar-refractivity contribution is 5.02. The molecule has 0 aliphatic carbocycles. The first-order chi connectivity index (χ1) is 4.09. The maximum absolute atomic E-state index is 5.67. The van der Waals surface area contributed by atoms with E-state index in [1.807, 2.05) is 13.8 Å². The van der Waals surface area contributed by atoms with Crippen LogP contribution in [0.2, 0.25) is 0 Å². The third-order valence-corrected chi connectivity index (χ3v) is 1.96. The molecular formula is C8H17N. The van der Waals surface area contributed by atoms with E-state index in [1.165, 1.54) is 5.57 Å². The molecule has 9 heavy (non-hydrogen) atoms. The predicted molar refractivity (Wildman–Crippen MR) is 42.2 cm³/mol. The van der Waals surface area contributed by atoms with E-state index in [4.69, 9.17) is 5.73 Å². The monoisotopic (exact) mass is 127 g/mol. The molecule has 0 radical (unpaired) electrons. The van der Waals surface area contributed by atoms with Crippen LogP contribution in [0.3, 0.4) is 0 Å². The summed E-state index contributed by atoms with van der Waals surface area (Å²) in [7, 11) is 0. The summed E-state index contributed by atoms with van der Waals surface area (Å²) in [6.07, 6.45) is 2.12. The lowest BCUT2D eigenvalue weighted by atomic mass is 9.96. The molecule has 0 amide bonds. The number of allylic oxidation sites excluding steroid dienone is 1. The van der Waals surface area contributed by atoms with E-state index in [2.05, 4.69) is 19.9 Å². The van der Waals surface area contributed by atoms with Gasteiger partial charge in [0.15, 0.2) is 0 Å². The van der Waals surface area contributed by atoms with E-state index >= 15 is 0 Å². The van der Waals surface area contributed by atoms with Crippen LogP contribution in [0, 0.1) is 5.92 Å². The third-order valence-electron chi connectivity index (χ3n) is 1.96. The number of hydrogen-bond acceptors (Lipinski definition) is 1. The molecule has 0 fully saturated rings. The molecule has 0 heterocycles. The Balaban J connectivity index is 3.88. The number of hydrogen-bond donors (Lipinski definition) is 1. The molecule has 0 aromatic rings. The van der Waals surface area contributed by atoms with Gasteiger partial charge in [-0.1, -0.05) is 18.6 Å². The van der Waals surface area contributed by atoms with Gasteiger partial charge in [-0.15, -0.1) is 0 Å². The fourth-order valence-corrected chi connectivity index (χ4v) is 0.678. The van der Waals surface area contributed by atoms with Crippen molar-refractivity contribution < 1.29 is 0 Å². The zero-order valence-corrected chi connectivity index (χ0v) is 6.81. The quantitative estimate of drug-likeness (QED) is 0.564. The van der Waals surface area contributed by atoms with Crippen molar-refractivity contribution in [3.63, 3.8) is 0 Å². The lowest BCUT2D eigenvalue weighted by Gasteiger charge is -2.15. The van der Waals surface area contributed by atoms with Gasteiger partial charge in [0.05, 0.1) is 0 Å². The summed E-state index contributed by atoms with van der Waals surface area (Å²) in [5, 5.41) is 0. The zero-order valence-electron chi connectivity index (χ0n) is 6.81. The predicted octanol–water partition coefficient (Wildman–Crippen LogP) is 1.94. The molecule has 2 atom stereocenters. The van der Waals surface area contributed by atoms with Crippen molar-refractivity contribution in [2.45, 2.75) is 33.7 Å². The Morgan fingerprint density at radius 1 is 1.44 bits per heavy atom. The minimum atomic E-state index is 0.279. The number of rotatable bonds is 2.